The van der Waals surface area contributed by atoms with Crippen LogP contribution in [0.15, 0.2) is 97.1 Å². The number of benzene rings is 4. The third-order valence-electron chi connectivity index (χ3n) is 6.05. The van der Waals surface area contributed by atoms with Gasteiger partial charge in [-0.15, -0.1) is 0 Å². The Balaban J connectivity index is 1.74. The van der Waals surface area contributed by atoms with E-state index in [0.717, 1.165) is 22.6 Å². The number of ketones is 1. The van der Waals surface area contributed by atoms with Crippen LogP contribution in [0.3, 0.4) is 0 Å². The summed E-state index contributed by atoms with van der Waals surface area (Å²) in [6.45, 7) is 12.7. The van der Waals surface area contributed by atoms with Crippen LogP contribution in [0, 0.1) is 0 Å². The van der Waals surface area contributed by atoms with Gasteiger partial charge >= 0.3 is 0 Å². The molecule has 4 aromatic rings. The summed E-state index contributed by atoms with van der Waals surface area (Å²) in [5.74, 6) is 2.96. The molecule has 0 unspecified atom stereocenters. The van der Waals surface area contributed by atoms with E-state index in [0.29, 0.717) is 22.6 Å². The zero-order valence-electron chi connectivity index (χ0n) is 22.0. The average Bonchev–Trinajstić information content (AvgIpc) is 2.84. The molecule has 0 aromatic heterocycles. The fourth-order valence-corrected chi connectivity index (χ4v) is 4.21. The minimum Gasteiger partial charge on any atom is -0.457 e. The van der Waals surface area contributed by atoms with Crippen LogP contribution in [0.1, 0.15) is 68.6 Å². The second kappa shape index (κ2) is 10.0. The lowest BCUT2D eigenvalue weighted by atomic mass is 9.78. The number of hydrogen-bond acceptors (Lipinski definition) is 3. The summed E-state index contributed by atoms with van der Waals surface area (Å²) >= 11 is 0. The highest BCUT2D eigenvalue weighted by Gasteiger charge is 2.28. The maximum absolute atomic E-state index is 14.0. The zero-order valence-corrected chi connectivity index (χ0v) is 22.0. The normalized spacial score (nSPS) is 11.7. The molecule has 4 rings (SSSR count). The molecule has 0 bridgehead atoms. The standard InChI is InChI=1S/C33H34O3/c1-32(2,3)29-21-25(35-23-13-9-7-10-14-23)17-19-27(29)31(34)28-20-18-26(22-30(28)33(4,5)6)36-24-15-11-8-12-16-24/h7-22H,1-6H3. The fourth-order valence-electron chi connectivity index (χ4n) is 4.21. The Labute approximate surface area is 214 Å². The van der Waals surface area contributed by atoms with Crippen molar-refractivity contribution in [1.29, 1.82) is 0 Å². The van der Waals surface area contributed by atoms with E-state index in [-0.39, 0.29) is 16.6 Å². The summed E-state index contributed by atoms with van der Waals surface area (Å²) < 4.78 is 12.2. The summed E-state index contributed by atoms with van der Waals surface area (Å²) in [7, 11) is 0. The summed E-state index contributed by atoms with van der Waals surface area (Å²) in [5.41, 5.74) is 2.77. The number of ether oxygens (including phenoxy) is 2. The average molecular weight is 479 g/mol. The summed E-state index contributed by atoms with van der Waals surface area (Å²) in [6.07, 6.45) is 0. The van der Waals surface area contributed by atoms with Crippen LogP contribution in [0.4, 0.5) is 0 Å². The van der Waals surface area contributed by atoms with Crippen molar-refractivity contribution in [3.8, 4) is 23.0 Å². The number of para-hydroxylation sites is 2. The van der Waals surface area contributed by atoms with Crippen LogP contribution in [0.5, 0.6) is 23.0 Å². The van der Waals surface area contributed by atoms with E-state index < -0.39 is 0 Å². The Hall–Kier alpha value is -3.85. The van der Waals surface area contributed by atoms with Crippen molar-refractivity contribution in [2.75, 3.05) is 0 Å². The Kier molecular flexibility index (Phi) is 7.03. The van der Waals surface area contributed by atoms with Crippen molar-refractivity contribution in [2.24, 2.45) is 0 Å². The second-order valence-electron chi connectivity index (χ2n) is 11.1. The topological polar surface area (TPSA) is 35.5 Å². The van der Waals surface area contributed by atoms with Gasteiger partial charge in [-0.2, -0.15) is 0 Å². The molecule has 0 amide bonds. The predicted octanol–water partition coefficient (Wildman–Crippen LogP) is 9.10. The molecular formula is C33H34O3. The van der Waals surface area contributed by atoms with Crippen LogP contribution in [0.25, 0.3) is 0 Å². The molecular weight excluding hydrogens is 444 g/mol. The SMILES string of the molecule is CC(C)(C)c1cc(Oc2ccccc2)ccc1C(=O)c1ccc(Oc2ccccc2)cc1C(C)(C)C. The molecule has 0 heterocycles. The van der Waals surface area contributed by atoms with E-state index in [2.05, 4.69) is 41.5 Å². The van der Waals surface area contributed by atoms with Crippen LogP contribution in [-0.4, -0.2) is 5.78 Å². The van der Waals surface area contributed by atoms with E-state index in [1.807, 2.05) is 97.1 Å². The van der Waals surface area contributed by atoms with Crippen LogP contribution < -0.4 is 9.47 Å². The van der Waals surface area contributed by atoms with Crippen molar-refractivity contribution in [3.63, 3.8) is 0 Å². The van der Waals surface area contributed by atoms with Gasteiger partial charge in [0.1, 0.15) is 23.0 Å². The van der Waals surface area contributed by atoms with E-state index in [1.54, 1.807) is 0 Å². The first-order chi connectivity index (χ1) is 17.0. The zero-order chi connectivity index (χ0) is 25.9. The molecule has 0 aliphatic rings. The molecule has 0 atom stereocenters. The highest BCUT2D eigenvalue weighted by atomic mass is 16.5. The van der Waals surface area contributed by atoms with Gasteiger partial charge in [0, 0.05) is 11.1 Å². The van der Waals surface area contributed by atoms with Crippen molar-refractivity contribution in [1.82, 2.24) is 0 Å². The lowest BCUT2D eigenvalue weighted by Crippen LogP contribution is -2.21. The summed E-state index contributed by atoms with van der Waals surface area (Å²) in [6, 6.07) is 30.9. The van der Waals surface area contributed by atoms with Gasteiger partial charge in [-0.3, -0.25) is 4.79 Å². The number of hydrogen-bond donors (Lipinski definition) is 0. The molecule has 0 radical (unpaired) electrons. The molecule has 0 saturated heterocycles. The van der Waals surface area contributed by atoms with Gasteiger partial charge in [0.25, 0.3) is 0 Å². The van der Waals surface area contributed by atoms with Gasteiger partial charge in [0.2, 0.25) is 0 Å². The van der Waals surface area contributed by atoms with Crippen molar-refractivity contribution in [3.05, 3.63) is 119 Å². The molecule has 0 fully saturated rings. The van der Waals surface area contributed by atoms with Gasteiger partial charge < -0.3 is 9.47 Å². The van der Waals surface area contributed by atoms with Gasteiger partial charge in [0.15, 0.2) is 5.78 Å². The van der Waals surface area contributed by atoms with Gasteiger partial charge in [-0.05, 0) is 82.6 Å². The van der Waals surface area contributed by atoms with Gasteiger partial charge in [-0.25, -0.2) is 0 Å². The monoisotopic (exact) mass is 478 g/mol. The Morgan fingerprint density at radius 3 is 1.19 bits per heavy atom. The van der Waals surface area contributed by atoms with E-state index in [9.17, 15) is 4.79 Å². The number of rotatable bonds is 6. The van der Waals surface area contributed by atoms with Crippen molar-refractivity contribution < 1.29 is 14.3 Å². The molecule has 0 saturated carbocycles. The maximum atomic E-state index is 14.0. The minimum atomic E-state index is -0.251. The first-order valence-electron chi connectivity index (χ1n) is 12.3. The number of carbonyl (C=O) groups excluding carboxylic acids is 1. The third kappa shape index (κ3) is 5.85. The quantitative estimate of drug-likeness (QED) is 0.259. The molecule has 0 aliphatic carbocycles. The Morgan fingerprint density at radius 2 is 0.861 bits per heavy atom. The van der Waals surface area contributed by atoms with E-state index >= 15 is 0 Å². The van der Waals surface area contributed by atoms with Gasteiger partial charge in [-0.1, -0.05) is 77.9 Å². The lowest BCUT2D eigenvalue weighted by Gasteiger charge is -2.26. The summed E-state index contributed by atoms with van der Waals surface area (Å²) in [5, 5.41) is 0. The molecule has 3 heteroatoms. The molecule has 0 aliphatic heterocycles. The van der Waals surface area contributed by atoms with E-state index in [1.165, 1.54) is 0 Å². The van der Waals surface area contributed by atoms with Crippen LogP contribution in [0.2, 0.25) is 0 Å². The van der Waals surface area contributed by atoms with Crippen molar-refractivity contribution >= 4 is 5.78 Å². The lowest BCUT2D eigenvalue weighted by molar-refractivity contribution is 0.103. The highest BCUT2D eigenvalue weighted by Crippen LogP contribution is 2.36. The van der Waals surface area contributed by atoms with Gasteiger partial charge in [0.05, 0.1) is 0 Å². The smallest absolute Gasteiger partial charge is 0.193 e. The highest BCUT2D eigenvalue weighted by molar-refractivity contribution is 6.11. The summed E-state index contributed by atoms with van der Waals surface area (Å²) in [4.78, 5) is 14.0. The minimum absolute atomic E-state index is 0.00220. The molecule has 36 heavy (non-hydrogen) atoms. The molecule has 4 aromatic carbocycles. The largest absolute Gasteiger partial charge is 0.457 e. The maximum Gasteiger partial charge on any atom is 0.193 e. The fraction of sp³-hybridized carbons (Fsp3) is 0.242. The van der Waals surface area contributed by atoms with Crippen LogP contribution >= 0.6 is 0 Å². The van der Waals surface area contributed by atoms with Crippen molar-refractivity contribution in [2.45, 2.75) is 52.4 Å². The second-order valence-corrected chi connectivity index (χ2v) is 11.1. The number of carbonyl (C=O) groups is 1. The predicted molar refractivity (Wildman–Crippen MR) is 147 cm³/mol. The molecule has 184 valence electrons. The molecule has 3 nitrogen and oxygen atoms in total. The molecule has 0 spiro atoms. The Morgan fingerprint density at radius 1 is 0.500 bits per heavy atom. The third-order valence-corrected chi connectivity index (χ3v) is 6.05. The molecule has 0 N–H and O–H groups in total. The van der Waals surface area contributed by atoms with E-state index in [4.69, 9.17) is 9.47 Å². The Bertz CT molecular complexity index is 1240. The van der Waals surface area contributed by atoms with Crippen LogP contribution in [-0.2, 0) is 10.8 Å². The first-order valence-corrected chi connectivity index (χ1v) is 12.3. The first kappa shape index (κ1) is 25.2.